The van der Waals surface area contributed by atoms with Crippen LogP contribution in [-0.2, 0) is 14.6 Å². The molecule has 33 valence electrons. The third kappa shape index (κ3) is 2.94. The molecule has 4 nitrogen and oxygen atoms in total. The highest BCUT2D eigenvalue weighted by atomic mass is 16.7. The summed E-state index contributed by atoms with van der Waals surface area (Å²) in [5.41, 5.74) is 0. The van der Waals surface area contributed by atoms with Gasteiger partial charge in [-0.25, -0.2) is 0 Å². The Hall–Kier alpha value is -1.06. The number of rotatable bonds is 1. The first-order valence-corrected chi connectivity index (χ1v) is 1.08. The summed E-state index contributed by atoms with van der Waals surface area (Å²) in [6.07, 6.45) is -1.83. The van der Waals surface area contributed by atoms with Gasteiger partial charge in [0, 0.05) is 0 Å². The fraction of sp³-hybridized carbons (Fsp3) is 0. The third-order valence-corrected chi connectivity index (χ3v) is 0.144. The molecule has 0 atom stereocenters. The summed E-state index contributed by atoms with van der Waals surface area (Å²) in [5.74, 6) is 0. The Morgan fingerprint density at radius 3 is 2.17 bits per heavy atom. The zero-order valence-electron chi connectivity index (χ0n) is 2.71. The van der Waals surface area contributed by atoms with Crippen LogP contribution in [0.15, 0.2) is 0 Å². The lowest BCUT2D eigenvalue weighted by molar-refractivity contribution is -0.125. The van der Waals surface area contributed by atoms with Gasteiger partial charge in [-0.05, 0) is 0 Å². The standard InChI is InChI=1S/C2HO4/c3-1-6-2(4)5/h1H. The number of carbonyl (C=O) groups excluding carboxylic acids is 2. The molecule has 0 saturated carbocycles. The van der Waals surface area contributed by atoms with Gasteiger partial charge in [-0.2, -0.15) is 9.90 Å². The van der Waals surface area contributed by atoms with Crippen LogP contribution in [0.4, 0.5) is 4.79 Å². The Balaban J connectivity index is 3.05. The van der Waals surface area contributed by atoms with E-state index in [4.69, 9.17) is 14.7 Å². The first kappa shape index (κ1) is 4.94. The monoisotopic (exact) mass is 89.0 g/mol. The molecule has 0 heterocycles. The zero-order valence-corrected chi connectivity index (χ0v) is 2.71. The molecule has 0 N–H and O–H groups in total. The lowest BCUT2D eigenvalue weighted by atomic mass is 11.3. The molecule has 0 fully saturated rings. The molecule has 1 radical (unpaired) electrons. The van der Waals surface area contributed by atoms with E-state index in [2.05, 4.69) is 4.74 Å². The van der Waals surface area contributed by atoms with E-state index in [0.29, 0.717) is 0 Å². The van der Waals surface area contributed by atoms with Crippen molar-refractivity contribution >= 4 is 12.6 Å². The SMILES string of the molecule is [O]C(=O)OC=O. The average Bonchev–Trinajstić information content (AvgIpc) is 1.35. The van der Waals surface area contributed by atoms with Crippen LogP contribution in [0.25, 0.3) is 0 Å². The third-order valence-electron chi connectivity index (χ3n) is 0.144. The van der Waals surface area contributed by atoms with E-state index >= 15 is 0 Å². The molecule has 0 rings (SSSR count). The number of carbonyl (C=O) groups is 2. The summed E-state index contributed by atoms with van der Waals surface area (Å²) < 4.78 is 3.17. The molecule has 0 aliphatic rings. The molecule has 0 bridgehead atoms. The van der Waals surface area contributed by atoms with Crippen molar-refractivity contribution in [3.05, 3.63) is 0 Å². The van der Waals surface area contributed by atoms with Crippen LogP contribution in [0.5, 0.6) is 0 Å². The minimum Gasteiger partial charge on any atom is -0.361 e. The first-order chi connectivity index (χ1) is 2.77. The van der Waals surface area contributed by atoms with E-state index in [1.807, 2.05) is 0 Å². The van der Waals surface area contributed by atoms with Crippen LogP contribution in [0.1, 0.15) is 0 Å². The van der Waals surface area contributed by atoms with E-state index < -0.39 is 6.16 Å². The maximum atomic E-state index is 9.03. The lowest BCUT2D eigenvalue weighted by Gasteiger charge is -1.72. The number of ether oxygens (including phenoxy) is 1. The fourth-order valence-corrected chi connectivity index (χ4v) is 0.0393. The van der Waals surface area contributed by atoms with E-state index in [1.165, 1.54) is 0 Å². The van der Waals surface area contributed by atoms with Gasteiger partial charge in [0.1, 0.15) is 0 Å². The van der Waals surface area contributed by atoms with Crippen LogP contribution >= 0.6 is 0 Å². The van der Waals surface area contributed by atoms with Gasteiger partial charge in [-0.15, -0.1) is 0 Å². The Morgan fingerprint density at radius 1 is 1.67 bits per heavy atom. The average molecular weight is 89.0 g/mol. The van der Waals surface area contributed by atoms with Gasteiger partial charge < -0.3 is 4.74 Å². The Bertz CT molecular complexity index is 65.9. The Kier molecular flexibility index (Phi) is 1.81. The largest absolute Gasteiger partial charge is 0.557 e. The normalized spacial score (nSPS) is 6.67. The molecular formula is C2HO4. The predicted molar refractivity (Wildman–Crippen MR) is 13.2 cm³/mol. The number of hydrogen-bond acceptors (Lipinski definition) is 3. The molecule has 0 aromatic rings. The van der Waals surface area contributed by atoms with Crippen molar-refractivity contribution in [2.75, 3.05) is 0 Å². The first-order valence-electron chi connectivity index (χ1n) is 1.08. The highest BCUT2D eigenvalue weighted by Crippen LogP contribution is 1.64. The molecule has 0 unspecified atom stereocenters. The quantitative estimate of drug-likeness (QED) is 0.252. The van der Waals surface area contributed by atoms with Gasteiger partial charge in [0.15, 0.2) is 0 Å². The van der Waals surface area contributed by atoms with Crippen molar-refractivity contribution < 1.29 is 19.4 Å². The van der Waals surface area contributed by atoms with Crippen LogP contribution in [0, 0.1) is 0 Å². The highest BCUT2D eigenvalue weighted by Gasteiger charge is 1.91. The smallest absolute Gasteiger partial charge is 0.361 e. The summed E-state index contributed by atoms with van der Waals surface area (Å²) in [6, 6.07) is 0. The van der Waals surface area contributed by atoms with Crippen LogP contribution < -0.4 is 0 Å². The summed E-state index contributed by atoms with van der Waals surface area (Å²) in [6.45, 7) is -0.213. The summed E-state index contributed by atoms with van der Waals surface area (Å²) in [7, 11) is 0. The van der Waals surface area contributed by atoms with Crippen molar-refractivity contribution in [3.8, 4) is 0 Å². The second-order valence-corrected chi connectivity index (χ2v) is 0.464. The Labute approximate surface area is 33.3 Å². The summed E-state index contributed by atoms with van der Waals surface area (Å²) in [4.78, 5) is 18.0. The summed E-state index contributed by atoms with van der Waals surface area (Å²) in [5, 5.41) is 9.03. The van der Waals surface area contributed by atoms with Crippen LogP contribution in [0.2, 0.25) is 0 Å². The van der Waals surface area contributed by atoms with Crippen molar-refractivity contribution in [2.24, 2.45) is 0 Å². The highest BCUT2D eigenvalue weighted by molar-refractivity contribution is 5.66. The molecule has 0 saturated heterocycles. The molecule has 0 aliphatic carbocycles. The van der Waals surface area contributed by atoms with Crippen molar-refractivity contribution in [1.82, 2.24) is 0 Å². The van der Waals surface area contributed by atoms with Gasteiger partial charge in [-0.1, -0.05) is 0 Å². The zero-order chi connectivity index (χ0) is 4.99. The fourth-order valence-electron chi connectivity index (χ4n) is 0.0393. The Morgan fingerprint density at radius 2 is 2.17 bits per heavy atom. The molecule has 0 aromatic carbocycles. The van der Waals surface area contributed by atoms with Gasteiger partial charge >= 0.3 is 12.6 Å². The van der Waals surface area contributed by atoms with E-state index in [0.717, 1.165) is 0 Å². The minimum atomic E-state index is -1.83. The maximum Gasteiger partial charge on any atom is 0.557 e. The van der Waals surface area contributed by atoms with Gasteiger partial charge in [0.2, 0.25) is 0 Å². The lowest BCUT2D eigenvalue weighted by Crippen LogP contribution is -1.93. The topological polar surface area (TPSA) is 63.3 Å². The maximum absolute atomic E-state index is 9.03. The summed E-state index contributed by atoms with van der Waals surface area (Å²) >= 11 is 0. The van der Waals surface area contributed by atoms with Gasteiger partial charge in [-0.3, -0.25) is 4.79 Å². The van der Waals surface area contributed by atoms with Gasteiger partial charge in [0.05, 0.1) is 0 Å². The molecule has 0 aliphatic heterocycles. The second kappa shape index (κ2) is 2.19. The number of hydrogen-bond donors (Lipinski definition) is 0. The van der Waals surface area contributed by atoms with E-state index in [9.17, 15) is 0 Å². The molecular weight excluding hydrogens is 88.0 g/mol. The van der Waals surface area contributed by atoms with Crippen LogP contribution in [0.3, 0.4) is 0 Å². The molecule has 0 spiro atoms. The molecule has 6 heavy (non-hydrogen) atoms. The van der Waals surface area contributed by atoms with Gasteiger partial charge in [0.25, 0.3) is 0 Å². The molecule has 4 heteroatoms. The van der Waals surface area contributed by atoms with Crippen molar-refractivity contribution in [2.45, 2.75) is 0 Å². The molecule has 0 aromatic heterocycles. The minimum absolute atomic E-state index is 0.213. The molecule has 0 amide bonds. The van der Waals surface area contributed by atoms with Crippen molar-refractivity contribution in [3.63, 3.8) is 0 Å². The van der Waals surface area contributed by atoms with E-state index in [1.54, 1.807) is 0 Å². The van der Waals surface area contributed by atoms with E-state index in [-0.39, 0.29) is 6.47 Å². The second-order valence-electron chi connectivity index (χ2n) is 0.464. The predicted octanol–water partition coefficient (Wildman–Crippen LogP) is -0.290. The van der Waals surface area contributed by atoms with Crippen LogP contribution in [-0.4, -0.2) is 12.6 Å². The van der Waals surface area contributed by atoms with Crippen molar-refractivity contribution in [1.29, 1.82) is 0 Å².